The Kier molecular flexibility index (Phi) is 7.21. The van der Waals surface area contributed by atoms with Crippen molar-refractivity contribution in [3.63, 3.8) is 0 Å². The summed E-state index contributed by atoms with van der Waals surface area (Å²) in [4.78, 5) is 18.4. The summed E-state index contributed by atoms with van der Waals surface area (Å²) in [7, 11) is 0. The highest BCUT2D eigenvalue weighted by molar-refractivity contribution is 5.70. The minimum Gasteiger partial charge on any atom is -0.481 e. The molecule has 8 heteroatoms. The first-order chi connectivity index (χ1) is 17.8. The van der Waals surface area contributed by atoms with Gasteiger partial charge in [0, 0.05) is 29.9 Å². The molecule has 1 N–H and O–H groups in total. The van der Waals surface area contributed by atoms with E-state index in [9.17, 15) is 9.90 Å². The van der Waals surface area contributed by atoms with Crippen LogP contribution in [0.2, 0.25) is 0 Å². The summed E-state index contributed by atoms with van der Waals surface area (Å²) < 4.78 is 7.84. The average molecular weight is 506 g/mol. The fourth-order valence-corrected chi connectivity index (χ4v) is 5.89. The molecule has 2 aliphatic rings. The van der Waals surface area contributed by atoms with Crippen LogP contribution in [0.3, 0.4) is 0 Å². The number of aliphatic carboxylic acids is 1. The number of benzene rings is 1. The van der Waals surface area contributed by atoms with Crippen molar-refractivity contribution in [1.29, 1.82) is 0 Å². The molecule has 1 saturated heterocycles. The third kappa shape index (κ3) is 5.35. The summed E-state index contributed by atoms with van der Waals surface area (Å²) in [5, 5.41) is 18.4. The van der Waals surface area contributed by atoms with Crippen molar-refractivity contribution < 1.29 is 14.4 Å². The van der Waals surface area contributed by atoms with Gasteiger partial charge in [0.2, 0.25) is 5.82 Å². The molecule has 3 aromatic rings. The first-order valence-corrected chi connectivity index (χ1v) is 13.8. The number of piperidine rings is 1. The third-order valence-electron chi connectivity index (χ3n) is 8.27. The van der Waals surface area contributed by atoms with E-state index >= 15 is 0 Å². The summed E-state index contributed by atoms with van der Waals surface area (Å²) in [5.74, 6) is 0.261. The summed E-state index contributed by atoms with van der Waals surface area (Å²) in [5.41, 5.74) is 7.27. The van der Waals surface area contributed by atoms with Gasteiger partial charge >= 0.3 is 5.97 Å². The second-order valence-electron chi connectivity index (χ2n) is 11.4. The Bertz CT molecular complexity index is 1270. The van der Waals surface area contributed by atoms with E-state index in [-0.39, 0.29) is 11.3 Å². The Morgan fingerprint density at radius 2 is 1.97 bits per heavy atom. The first kappa shape index (κ1) is 25.6. The van der Waals surface area contributed by atoms with Crippen LogP contribution in [0.15, 0.2) is 22.7 Å². The Hall–Kier alpha value is -3.00. The van der Waals surface area contributed by atoms with Crippen LogP contribution in [0.5, 0.6) is 0 Å². The maximum Gasteiger partial charge on any atom is 0.306 e. The molecule has 1 aliphatic heterocycles. The van der Waals surface area contributed by atoms with Gasteiger partial charge in [-0.3, -0.25) is 9.48 Å². The molecule has 0 radical (unpaired) electrons. The van der Waals surface area contributed by atoms with Crippen LogP contribution < -0.4 is 0 Å². The molecule has 1 aliphatic carbocycles. The highest BCUT2D eigenvalue weighted by atomic mass is 16.5. The topological polar surface area (TPSA) is 97.3 Å². The van der Waals surface area contributed by atoms with E-state index < -0.39 is 5.97 Å². The fourth-order valence-electron chi connectivity index (χ4n) is 5.89. The average Bonchev–Trinajstić information content (AvgIpc) is 3.51. The monoisotopic (exact) mass is 505 g/mol. The van der Waals surface area contributed by atoms with E-state index in [2.05, 4.69) is 60.6 Å². The highest BCUT2D eigenvalue weighted by Gasteiger charge is 2.32. The van der Waals surface area contributed by atoms with Gasteiger partial charge in [-0.1, -0.05) is 32.0 Å². The second-order valence-corrected chi connectivity index (χ2v) is 11.4. The third-order valence-corrected chi connectivity index (χ3v) is 8.27. The van der Waals surface area contributed by atoms with Crippen molar-refractivity contribution in [2.75, 3.05) is 19.6 Å². The lowest BCUT2D eigenvalue weighted by atomic mass is 9.76. The summed E-state index contributed by atoms with van der Waals surface area (Å²) >= 11 is 0. The predicted octanol–water partition coefficient (Wildman–Crippen LogP) is 5.04. The maximum atomic E-state index is 11.2. The number of aromatic nitrogens is 4. The molecule has 2 aromatic heterocycles. The molecule has 0 saturated carbocycles. The number of carboxylic acid groups (broad SMARTS) is 1. The van der Waals surface area contributed by atoms with Gasteiger partial charge in [-0.05, 0) is 93.6 Å². The largest absolute Gasteiger partial charge is 0.481 e. The van der Waals surface area contributed by atoms with E-state index in [0.717, 1.165) is 82.4 Å². The number of hydrogen-bond donors (Lipinski definition) is 1. The summed E-state index contributed by atoms with van der Waals surface area (Å²) in [6, 6.07) is 6.43. The molecule has 0 atom stereocenters. The standard InChI is InChI=1S/C29H39N5O3/c1-5-19-17-22(8-7-20(19)10-14-33-15-11-21(12-16-33)28(35)36)27-30-26(32-37-27)25-23-9-13-29(3,4)18-24(23)34(6-2)31-25/h7-8,17,21H,5-6,9-16,18H2,1-4H3,(H,35,36). The molecule has 0 unspecified atom stereocenters. The number of carboxylic acids is 1. The lowest BCUT2D eigenvalue weighted by Gasteiger charge is -2.30. The normalized spacial score (nSPS) is 18.2. The van der Waals surface area contributed by atoms with E-state index in [1.165, 1.54) is 22.4 Å². The van der Waals surface area contributed by atoms with Gasteiger partial charge in [-0.25, -0.2) is 0 Å². The number of carbonyl (C=O) groups is 1. The molecular formula is C29H39N5O3. The number of rotatable bonds is 8. The van der Waals surface area contributed by atoms with Crippen LogP contribution in [-0.2, 0) is 37.0 Å². The molecular weight excluding hydrogens is 466 g/mol. The minimum atomic E-state index is -0.657. The zero-order chi connectivity index (χ0) is 26.2. The van der Waals surface area contributed by atoms with Crippen molar-refractivity contribution in [1.82, 2.24) is 24.8 Å². The van der Waals surface area contributed by atoms with E-state index in [1.807, 2.05) is 0 Å². The smallest absolute Gasteiger partial charge is 0.306 e. The Morgan fingerprint density at radius 3 is 2.68 bits per heavy atom. The van der Waals surface area contributed by atoms with E-state index in [0.29, 0.717) is 11.7 Å². The number of fused-ring (bicyclic) bond motifs is 1. The second kappa shape index (κ2) is 10.4. The number of aryl methyl sites for hydroxylation is 2. The first-order valence-electron chi connectivity index (χ1n) is 13.8. The van der Waals surface area contributed by atoms with Gasteiger partial charge in [0.15, 0.2) is 0 Å². The van der Waals surface area contributed by atoms with Gasteiger partial charge in [0.25, 0.3) is 5.89 Å². The zero-order valence-electron chi connectivity index (χ0n) is 22.6. The van der Waals surface area contributed by atoms with Gasteiger partial charge in [0.1, 0.15) is 5.69 Å². The molecule has 5 rings (SSSR count). The molecule has 3 heterocycles. The van der Waals surface area contributed by atoms with Crippen molar-refractivity contribution in [2.24, 2.45) is 11.3 Å². The molecule has 8 nitrogen and oxygen atoms in total. The Balaban J connectivity index is 1.31. The quantitative estimate of drug-likeness (QED) is 0.458. The number of likely N-dealkylation sites (tertiary alicyclic amines) is 1. The van der Waals surface area contributed by atoms with E-state index in [1.54, 1.807) is 0 Å². The summed E-state index contributed by atoms with van der Waals surface area (Å²) in [6.07, 6.45) is 6.50. The molecule has 0 spiro atoms. The van der Waals surface area contributed by atoms with Crippen LogP contribution in [0.1, 0.15) is 69.3 Å². The minimum absolute atomic E-state index is 0.186. The molecule has 198 valence electrons. The van der Waals surface area contributed by atoms with Crippen molar-refractivity contribution in [2.45, 2.75) is 79.2 Å². The van der Waals surface area contributed by atoms with E-state index in [4.69, 9.17) is 14.6 Å². The Labute approximate surface area is 219 Å². The summed E-state index contributed by atoms with van der Waals surface area (Å²) in [6.45, 7) is 12.5. The highest BCUT2D eigenvalue weighted by Crippen LogP contribution is 2.38. The fraction of sp³-hybridized carbons (Fsp3) is 0.586. The van der Waals surface area contributed by atoms with Crippen molar-refractivity contribution in [3.8, 4) is 23.0 Å². The van der Waals surface area contributed by atoms with Crippen LogP contribution in [0.25, 0.3) is 23.0 Å². The molecule has 0 amide bonds. The van der Waals surface area contributed by atoms with Crippen LogP contribution in [-0.4, -0.2) is 55.5 Å². The van der Waals surface area contributed by atoms with Crippen molar-refractivity contribution in [3.05, 3.63) is 40.6 Å². The molecule has 0 bridgehead atoms. The van der Waals surface area contributed by atoms with Crippen molar-refractivity contribution >= 4 is 5.97 Å². The lowest BCUT2D eigenvalue weighted by molar-refractivity contribution is -0.143. The zero-order valence-corrected chi connectivity index (χ0v) is 22.6. The van der Waals surface area contributed by atoms with Gasteiger partial charge < -0.3 is 14.5 Å². The van der Waals surface area contributed by atoms with Gasteiger partial charge in [0.05, 0.1) is 5.92 Å². The number of nitrogens with zero attached hydrogens (tertiary/aromatic N) is 5. The van der Waals surface area contributed by atoms with Crippen LogP contribution >= 0.6 is 0 Å². The predicted molar refractivity (Wildman–Crippen MR) is 142 cm³/mol. The molecule has 37 heavy (non-hydrogen) atoms. The molecule has 1 fully saturated rings. The molecule has 1 aromatic carbocycles. The Morgan fingerprint density at radius 1 is 1.19 bits per heavy atom. The maximum absolute atomic E-state index is 11.2. The lowest BCUT2D eigenvalue weighted by Crippen LogP contribution is -2.37. The van der Waals surface area contributed by atoms with Crippen LogP contribution in [0.4, 0.5) is 0 Å². The number of hydrogen-bond acceptors (Lipinski definition) is 6. The van der Waals surface area contributed by atoms with Gasteiger partial charge in [-0.15, -0.1) is 0 Å². The van der Waals surface area contributed by atoms with Gasteiger partial charge in [-0.2, -0.15) is 10.1 Å². The van der Waals surface area contributed by atoms with Crippen LogP contribution in [0, 0.1) is 11.3 Å². The SMILES string of the molecule is CCc1cc(-c2nc(-c3nn(CC)c4c3CCC(C)(C)C4)no2)ccc1CCN1CCC(C(=O)O)CC1.